The van der Waals surface area contributed by atoms with Gasteiger partial charge in [-0.25, -0.2) is 0 Å². The molecular weight excluding hydrogens is 486 g/mol. The number of allylic oxidation sites excluding steroid dienone is 12. The number of aryl methyl sites for hydroxylation is 1. The number of hydrogen-bond donors (Lipinski definition) is 2. The van der Waals surface area contributed by atoms with Gasteiger partial charge in [0, 0.05) is 31.4 Å². The summed E-state index contributed by atoms with van der Waals surface area (Å²) in [6, 6.07) is 3.55. The van der Waals surface area contributed by atoms with Crippen molar-refractivity contribution in [3.63, 3.8) is 0 Å². The third-order valence-electron chi connectivity index (χ3n) is 5.41. The minimum atomic E-state index is -0.172. The number of hydrogen-bond acceptors (Lipinski definition) is 4. The Labute approximate surface area is 235 Å². The topological polar surface area (TPSA) is 80.3 Å². The summed E-state index contributed by atoms with van der Waals surface area (Å²) in [7, 11) is 0. The number of nitrogens with zero attached hydrogens (tertiary/aromatic N) is 1. The van der Waals surface area contributed by atoms with Gasteiger partial charge in [-0.3, -0.25) is 14.6 Å². The van der Waals surface area contributed by atoms with E-state index in [1.807, 2.05) is 13.0 Å². The molecule has 6 nitrogen and oxygen atoms in total. The molecule has 0 unspecified atom stereocenters. The average Bonchev–Trinajstić information content (AvgIpc) is 2.94. The van der Waals surface area contributed by atoms with Crippen LogP contribution in [0.5, 0.6) is 0 Å². The van der Waals surface area contributed by atoms with Gasteiger partial charge in [0.05, 0.1) is 18.8 Å². The lowest BCUT2D eigenvalue weighted by Gasteiger charge is -2.07. The van der Waals surface area contributed by atoms with Crippen LogP contribution in [0.15, 0.2) is 91.2 Å². The number of ether oxygens (including phenoxy) is 1. The Kier molecular flexibility index (Phi) is 21.3. The fraction of sp³-hybridized carbons (Fsp3) is 0.424. The zero-order chi connectivity index (χ0) is 28.2. The zero-order valence-corrected chi connectivity index (χ0v) is 23.8. The maximum atomic E-state index is 12.0. The quantitative estimate of drug-likeness (QED) is 0.136. The molecule has 0 aromatic carbocycles. The summed E-state index contributed by atoms with van der Waals surface area (Å²) in [4.78, 5) is 28.0. The predicted molar refractivity (Wildman–Crippen MR) is 163 cm³/mol. The van der Waals surface area contributed by atoms with Gasteiger partial charge in [0.1, 0.15) is 0 Å². The second-order valence-electron chi connectivity index (χ2n) is 8.86. The summed E-state index contributed by atoms with van der Waals surface area (Å²) in [5.74, 6) is -0.160. The van der Waals surface area contributed by atoms with Crippen LogP contribution in [0, 0.1) is 6.92 Å². The standard InChI is InChI=1S/C33H47N3O3/c1-3-4-5-6-7-8-9-10-11-12-13-14-15-16-17-18-19-20-21-22-32(37)34-25-27-39-28-26-35-33(38)31-24-23-30(2)36-29-31/h4-5,7-8,10-11,13-14,16-17,19-20,23-24,29H,3,6,9,12,15,18,21-22,25-28H2,1-2H3,(H,34,37)(H,35,38). The predicted octanol–water partition coefficient (Wildman–Crippen LogP) is 6.73. The van der Waals surface area contributed by atoms with Gasteiger partial charge in [-0.1, -0.05) is 79.8 Å². The second-order valence-corrected chi connectivity index (χ2v) is 8.86. The molecule has 0 fully saturated rings. The van der Waals surface area contributed by atoms with E-state index in [2.05, 4.69) is 89.4 Å². The van der Waals surface area contributed by atoms with Gasteiger partial charge in [0.15, 0.2) is 0 Å². The molecule has 2 N–H and O–H groups in total. The van der Waals surface area contributed by atoms with E-state index in [4.69, 9.17) is 4.74 Å². The number of rotatable bonds is 21. The maximum absolute atomic E-state index is 12.0. The molecule has 1 aromatic heterocycles. The Balaban J connectivity index is 1.92. The van der Waals surface area contributed by atoms with Crippen molar-refractivity contribution in [3.8, 4) is 0 Å². The van der Waals surface area contributed by atoms with Crippen LogP contribution in [0.3, 0.4) is 0 Å². The summed E-state index contributed by atoms with van der Waals surface area (Å²) in [6.07, 6.45) is 34.7. The fourth-order valence-electron chi connectivity index (χ4n) is 3.25. The molecule has 0 aliphatic rings. The SMILES string of the molecule is CCC=CCC=CCC=CCC=CCC=CCC=CCCC(=O)NCCOCCNC(=O)c1ccc(C)nc1. The highest BCUT2D eigenvalue weighted by Crippen LogP contribution is 1.99. The zero-order valence-electron chi connectivity index (χ0n) is 23.8. The van der Waals surface area contributed by atoms with E-state index in [1.165, 1.54) is 0 Å². The Bertz CT molecular complexity index is 957. The van der Waals surface area contributed by atoms with Gasteiger partial charge >= 0.3 is 0 Å². The molecule has 0 aliphatic carbocycles. The number of carbonyl (C=O) groups excluding carboxylic acids is 2. The summed E-state index contributed by atoms with van der Waals surface area (Å²) < 4.78 is 5.46. The van der Waals surface area contributed by atoms with Crippen LogP contribution in [0.2, 0.25) is 0 Å². The Morgan fingerprint density at radius 1 is 0.744 bits per heavy atom. The van der Waals surface area contributed by atoms with E-state index >= 15 is 0 Å². The molecule has 0 radical (unpaired) electrons. The van der Waals surface area contributed by atoms with Crippen LogP contribution < -0.4 is 10.6 Å². The van der Waals surface area contributed by atoms with Gasteiger partial charge in [0.25, 0.3) is 5.91 Å². The summed E-state index contributed by atoms with van der Waals surface area (Å²) in [6.45, 7) is 5.69. The van der Waals surface area contributed by atoms with Crippen molar-refractivity contribution in [1.29, 1.82) is 0 Å². The maximum Gasteiger partial charge on any atom is 0.252 e. The first kappa shape index (κ1) is 33.5. The van der Waals surface area contributed by atoms with Gasteiger partial charge in [-0.2, -0.15) is 0 Å². The molecule has 0 bridgehead atoms. The van der Waals surface area contributed by atoms with Crippen LogP contribution in [-0.4, -0.2) is 43.1 Å². The first-order valence-electron chi connectivity index (χ1n) is 14.1. The minimum Gasteiger partial charge on any atom is -0.378 e. The molecule has 0 aliphatic heterocycles. The lowest BCUT2D eigenvalue weighted by atomic mass is 10.2. The summed E-state index contributed by atoms with van der Waals surface area (Å²) >= 11 is 0. The summed E-state index contributed by atoms with van der Waals surface area (Å²) in [5, 5.41) is 5.63. The monoisotopic (exact) mass is 533 g/mol. The second kappa shape index (κ2) is 24.8. The highest BCUT2D eigenvalue weighted by Gasteiger charge is 2.04. The van der Waals surface area contributed by atoms with Crippen molar-refractivity contribution < 1.29 is 14.3 Å². The molecule has 0 atom stereocenters. The van der Waals surface area contributed by atoms with E-state index in [1.54, 1.807) is 18.3 Å². The lowest BCUT2D eigenvalue weighted by Crippen LogP contribution is -2.30. The van der Waals surface area contributed by atoms with Gasteiger partial charge < -0.3 is 15.4 Å². The van der Waals surface area contributed by atoms with Crippen LogP contribution in [0.1, 0.15) is 74.3 Å². The van der Waals surface area contributed by atoms with Crippen molar-refractivity contribution in [3.05, 3.63) is 102 Å². The largest absolute Gasteiger partial charge is 0.378 e. The summed E-state index contributed by atoms with van der Waals surface area (Å²) in [5.41, 5.74) is 1.40. The molecule has 0 spiro atoms. The average molecular weight is 534 g/mol. The van der Waals surface area contributed by atoms with Gasteiger partial charge in [-0.15, -0.1) is 0 Å². The van der Waals surface area contributed by atoms with Crippen molar-refractivity contribution in [2.75, 3.05) is 26.3 Å². The minimum absolute atomic E-state index is 0.0123. The molecule has 1 aromatic rings. The van der Waals surface area contributed by atoms with E-state index in [0.717, 1.165) is 50.6 Å². The molecule has 1 heterocycles. The van der Waals surface area contributed by atoms with Crippen molar-refractivity contribution in [1.82, 2.24) is 15.6 Å². The normalized spacial score (nSPS) is 12.3. The molecular formula is C33H47N3O3. The van der Waals surface area contributed by atoms with Crippen LogP contribution >= 0.6 is 0 Å². The van der Waals surface area contributed by atoms with Crippen LogP contribution in [0.4, 0.5) is 0 Å². The lowest BCUT2D eigenvalue weighted by molar-refractivity contribution is -0.121. The molecule has 0 saturated carbocycles. The van der Waals surface area contributed by atoms with E-state index in [-0.39, 0.29) is 11.8 Å². The van der Waals surface area contributed by atoms with E-state index < -0.39 is 0 Å². The van der Waals surface area contributed by atoms with Crippen LogP contribution in [-0.2, 0) is 9.53 Å². The van der Waals surface area contributed by atoms with Gasteiger partial charge in [-0.05, 0) is 64.0 Å². The molecule has 212 valence electrons. The Morgan fingerprint density at radius 3 is 1.77 bits per heavy atom. The van der Waals surface area contributed by atoms with Gasteiger partial charge in [0.2, 0.25) is 5.91 Å². The highest BCUT2D eigenvalue weighted by atomic mass is 16.5. The number of amides is 2. The third-order valence-corrected chi connectivity index (χ3v) is 5.41. The Morgan fingerprint density at radius 2 is 1.26 bits per heavy atom. The molecule has 0 saturated heterocycles. The van der Waals surface area contributed by atoms with Crippen molar-refractivity contribution >= 4 is 11.8 Å². The number of nitrogens with one attached hydrogen (secondary N) is 2. The fourth-order valence-corrected chi connectivity index (χ4v) is 3.25. The smallest absolute Gasteiger partial charge is 0.252 e. The molecule has 2 amide bonds. The number of aromatic nitrogens is 1. The molecule has 6 heteroatoms. The van der Waals surface area contributed by atoms with Crippen molar-refractivity contribution in [2.24, 2.45) is 0 Å². The first-order valence-corrected chi connectivity index (χ1v) is 14.1. The molecule has 1 rings (SSSR count). The van der Waals surface area contributed by atoms with Crippen LogP contribution in [0.25, 0.3) is 0 Å². The number of carbonyl (C=O) groups is 2. The highest BCUT2D eigenvalue weighted by molar-refractivity contribution is 5.93. The third kappa shape index (κ3) is 21.1. The molecule has 39 heavy (non-hydrogen) atoms. The first-order chi connectivity index (χ1) is 19.1. The van der Waals surface area contributed by atoms with E-state index in [0.29, 0.717) is 38.3 Å². The van der Waals surface area contributed by atoms with Crippen molar-refractivity contribution in [2.45, 2.75) is 65.2 Å². The van der Waals surface area contributed by atoms with E-state index in [9.17, 15) is 9.59 Å². The number of pyridine rings is 1. The Hall–Kier alpha value is -3.51.